The van der Waals surface area contributed by atoms with Crippen LogP contribution in [0.4, 0.5) is 13.2 Å². The molecule has 1 rings (SSSR count). The lowest BCUT2D eigenvalue weighted by Gasteiger charge is -2.09. The van der Waals surface area contributed by atoms with Crippen molar-refractivity contribution in [3.63, 3.8) is 0 Å². The standard InChI is InChI=1S/C9H9F3O2/c10-7-3-1-2-6(4-13)9(7)14-5-8(11)12/h1-3,8,13H,4-5H2. The topological polar surface area (TPSA) is 29.5 Å². The molecule has 0 amide bonds. The van der Waals surface area contributed by atoms with Gasteiger partial charge in [-0.2, -0.15) is 0 Å². The fourth-order valence-electron chi connectivity index (χ4n) is 0.986. The smallest absolute Gasteiger partial charge is 0.272 e. The van der Waals surface area contributed by atoms with Crippen molar-refractivity contribution < 1.29 is 23.0 Å². The van der Waals surface area contributed by atoms with Gasteiger partial charge in [0.15, 0.2) is 11.6 Å². The van der Waals surface area contributed by atoms with Gasteiger partial charge in [0.05, 0.1) is 6.61 Å². The second-order valence-corrected chi connectivity index (χ2v) is 2.59. The number of alkyl halides is 2. The first-order valence-electron chi connectivity index (χ1n) is 3.94. The maximum atomic E-state index is 13.0. The zero-order valence-corrected chi connectivity index (χ0v) is 7.21. The number of hydrogen-bond donors (Lipinski definition) is 1. The molecule has 0 atom stereocenters. The van der Waals surface area contributed by atoms with Gasteiger partial charge in [0.25, 0.3) is 6.43 Å². The first kappa shape index (κ1) is 10.8. The number of aliphatic hydroxyl groups excluding tert-OH is 1. The van der Waals surface area contributed by atoms with Crippen LogP contribution in [0.1, 0.15) is 5.56 Å². The number of benzene rings is 1. The summed E-state index contributed by atoms with van der Waals surface area (Å²) in [6.45, 7) is -1.33. The highest BCUT2D eigenvalue weighted by molar-refractivity contribution is 5.34. The molecule has 0 aliphatic carbocycles. The maximum Gasteiger partial charge on any atom is 0.272 e. The fourth-order valence-corrected chi connectivity index (χ4v) is 0.986. The van der Waals surface area contributed by atoms with Crippen LogP contribution in [0.25, 0.3) is 0 Å². The zero-order chi connectivity index (χ0) is 10.6. The molecule has 5 heteroatoms. The Morgan fingerprint density at radius 1 is 1.36 bits per heavy atom. The molecule has 0 aromatic heterocycles. The van der Waals surface area contributed by atoms with Crippen molar-refractivity contribution in [1.29, 1.82) is 0 Å². The average molecular weight is 206 g/mol. The van der Waals surface area contributed by atoms with Crippen LogP contribution < -0.4 is 4.74 Å². The summed E-state index contributed by atoms with van der Waals surface area (Å²) in [5.74, 6) is -1.06. The summed E-state index contributed by atoms with van der Waals surface area (Å²) in [6, 6.07) is 3.86. The van der Waals surface area contributed by atoms with Crippen LogP contribution in [0.2, 0.25) is 0 Å². The minimum atomic E-state index is -2.67. The Balaban J connectivity index is 2.82. The van der Waals surface area contributed by atoms with Crippen molar-refractivity contribution >= 4 is 0 Å². The summed E-state index contributed by atoms with van der Waals surface area (Å²) in [6.07, 6.45) is -2.67. The van der Waals surface area contributed by atoms with Crippen LogP contribution in [0, 0.1) is 5.82 Å². The summed E-state index contributed by atoms with van der Waals surface area (Å²) in [5, 5.41) is 8.77. The molecule has 0 spiro atoms. The third-order valence-electron chi connectivity index (χ3n) is 1.57. The number of aliphatic hydroxyl groups is 1. The van der Waals surface area contributed by atoms with E-state index in [1.165, 1.54) is 12.1 Å². The molecule has 0 unspecified atom stereocenters. The van der Waals surface area contributed by atoms with Crippen LogP contribution >= 0.6 is 0 Å². The van der Waals surface area contributed by atoms with Gasteiger partial charge in [-0.25, -0.2) is 13.2 Å². The van der Waals surface area contributed by atoms with E-state index in [-0.39, 0.29) is 11.3 Å². The Morgan fingerprint density at radius 2 is 2.07 bits per heavy atom. The summed E-state index contributed by atoms with van der Waals surface area (Å²) < 4.78 is 41.1. The van der Waals surface area contributed by atoms with E-state index in [2.05, 4.69) is 4.74 Å². The lowest BCUT2D eigenvalue weighted by atomic mass is 10.2. The molecular formula is C9H9F3O2. The molecule has 0 aliphatic heterocycles. The number of ether oxygens (including phenoxy) is 1. The number of halogens is 3. The summed E-state index contributed by atoms with van der Waals surface area (Å²) in [5.41, 5.74) is 0.158. The van der Waals surface area contributed by atoms with Crippen LogP contribution in [-0.2, 0) is 6.61 Å². The van der Waals surface area contributed by atoms with Gasteiger partial charge >= 0.3 is 0 Å². The number of hydrogen-bond acceptors (Lipinski definition) is 2. The summed E-state index contributed by atoms with van der Waals surface area (Å²) in [4.78, 5) is 0. The lowest BCUT2D eigenvalue weighted by Crippen LogP contribution is -2.09. The molecule has 0 saturated heterocycles. The van der Waals surface area contributed by atoms with Gasteiger partial charge in [0.1, 0.15) is 6.61 Å². The van der Waals surface area contributed by atoms with Gasteiger partial charge in [0.2, 0.25) is 0 Å². The van der Waals surface area contributed by atoms with Crippen molar-refractivity contribution in [3.8, 4) is 5.75 Å². The Bertz CT molecular complexity index is 302. The van der Waals surface area contributed by atoms with Crippen molar-refractivity contribution in [3.05, 3.63) is 29.6 Å². The second kappa shape index (κ2) is 4.85. The van der Waals surface area contributed by atoms with Crippen molar-refractivity contribution in [1.82, 2.24) is 0 Å². The van der Waals surface area contributed by atoms with E-state index in [0.717, 1.165) is 6.07 Å². The van der Waals surface area contributed by atoms with E-state index in [0.29, 0.717) is 0 Å². The predicted octanol–water partition coefficient (Wildman–Crippen LogP) is 1.96. The molecule has 0 heterocycles. The predicted molar refractivity (Wildman–Crippen MR) is 43.8 cm³/mol. The molecule has 0 bridgehead atoms. The number of rotatable bonds is 4. The Hall–Kier alpha value is -1.23. The molecule has 1 aromatic rings. The number of para-hydroxylation sites is 1. The molecular weight excluding hydrogens is 197 g/mol. The summed E-state index contributed by atoms with van der Waals surface area (Å²) in [7, 11) is 0. The van der Waals surface area contributed by atoms with E-state index < -0.39 is 25.5 Å². The van der Waals surface area contributed by atoms with Crippen LogP contribution in [-0.4, -0.2) is 18.1 Å². The minimum Gasteiger partial charge on any atom is -0.484 e. The van der Waals surface area contributed by atoms with E-state index in [1.54, 1.807) is 0 Å². The van der Waals surface area contributed by atoms with Gasteiger partial charge in [-0.15, -0.1) is 0 Å². The maximum absolute atomic E-state index is 13.0. The van der Waals surface area contributed by atoms with Crippen LogP contribution in [0.3, 0.4) is 0 Å². The van der Waals surface area contributed by atoms with Gasteiger partial charge < -0.3 is 9.84 Å². The third-order valence-corrected chi connectivity index (χ3v) is 1.57. The minimum absolute atomic E-state index is 0.158. The van der Waals surface area contributed by atoms with Crippen molar-refractivity contribution in [2.24, 2.45) is 0 Å². The fraction of sp³-hybridized carbons (Fsp3) is 0.333. The Morgan fingerprint density at radius 3 is 2.64 bits per heavy atom. The molecule has 0 radical (unpaired) electrons. The molecule has 1 aromatic carbocycles. The molecule has 78 valence electrons. The van der Waals surface area contributed by atoms with Crippen LogP contribution in [0.15, 0.2) is 18.2 Å². The van der Waals surface area contributed by atoms with Gasteiger partial charge in [-0.3, -0.25) is 0 Å². The van der Waals surface area contributed by atoms with Crippen molar-refractivity contribution in [2.45, 2.75) is 13.0 Å². The third kappa shape index (κ3) is 2.63. The van der Waals surface area contributed by atoms with E-state index in [9.17, 15) is 13.2 Å². The Kier molecular flexibility index (Phi) is 3.76. The molecule has 0 saturated carbocycles. The normalized spacial score (nSPS) is 10.6. The molecule has 0 fully saturated rings. The van der Waals surface area contributed by atoms with Gasteiger partial charge in [-0.1, -0.05) is 12.1 Å². The molecule has 14 heavy (non-hydrogen) atoms. The SMILES string of the molecule is OCc1cccc(F)c1OCC(F)F. The van der Waals surface area contributed by atoms with E-state index in [1.807, 2.05) is 0 Å². The zero-order valence-electron chi connectivity index (χ0n) is 7.21. The first-order valence-corrected chi connectivity index (χ1v) is 3.94. The highest BCUT2D eigenvalue weighted by Crippen LogP contribution is 2.22. The quantitative estimate of drug-likeness (QED) is 0.815. The summed E-state index contributed by atoms with van der Waals surface area (Å²) >= 11 is 0. The second-order valence-electron chi connectivity index (χ2n) is 2.59. The molecule has 2 nitrogen and oxygen atoms in total. The Labute approximate surface area is 78.9 Å². The highest BCUT2D eigenvalue weighted by atomic mass is 19.3. The highest BCUT2D eigenvalue weighted by Gasteiger charge is 2.11. The monoisotopic (exact) mass is 206 g/mol. The molecule has 1 N–H and O–H groups in total. The van der Waals surface area contributed by atoms with Crippen molar-refractivity contribution in [2.75, 3.05) is 6.61 Å². The lowest BCUT2D eigenvalue weighted by molar-refractivity contribution is 0.0785. The van der Waals surface area contributed by atoms with E-state index in [4.69, 9.17) is 5.11 Å². The first-order chi connectivity index (χ1) is 6.65. The van der Waals surface area contributed by atoms with E-state index >= 15 is 0 Å². The van der Waals surface area contributed by atoms with Crippen LogP contribution in [0.5, 0.6) is 5.75 Å². The largest absolute Gasteiger partial charge is 0.484 e. The van der Waals surface area contributed by atoms with Gasteiger partial charge in [-0.05, 0) is 6.07 Å². The molecule has 0 aliphatic rings. The average Bonchev–Trinajstić information content (AvgIpc) is 2.15. The van der Waals surface area contributed by atoms with Gasteiger partial charge in [0, 0.05) is 5.56 Å².